The Morgan fingerprint density at radius 2 is 1.78 bits per heavy atom. The summed E-state index contributed by atoms with van der Waals surface area (Å²) in [6, 6.07) is 2.89. The molecule has 7 heteroatoms. The van der Waals surface area contributed by atoms with Crippen LogP contribution in [0.25, 0.3) is 0 Å². The van der Waals surface area contributed by atoms with Crippen molar-refractivity contribution in [3.63, 3.8) is 0 Å². The number of anilines is 1. The summed E-state index contributed by atoms with van der Waals surface area (Å²) in [5.74, 6) is 0.0894. The molecule has 0 heterocycles. The molecule has 0 unspecified atom stereocenters. The molecule has 0 saturated carbocycles. The Labute approximate surface area is 129 Å². The number of hydrogen-bond acceptors (Lipinski definition) is 3. The van der Waals surface area contributed by atoms with Crippen molar-refractivity contribution in [2.75, 3.05) is 5.32 Å². The van der Waals surface area contributed by atoms with E-state index < -0.39 is 5.54 Å². The molecule has 0 radical (unpaired) electrons. The van der Waals surface area contributed by atoms with Gasteiger partial charge in [-0.05, 0) is 64.8 Å². The molecule has 0 saturated heterocycles. The van der Waals surface area contributed by atoms with Crippen molar-refractivity contribution in [3.8, 4) is 5.75 Å². The van der Waals surface area contributed by atoms with Gasteiger partial charge in [0.15, 0.2) is 0 Å². The lowest BCUT2D eigenvalue weighted by atomic mass is 10.1. The van der Waals surface area contributed by atoms with E-state index >= 15 is 0 Å². The van der Waals surface area contributed by atoms with Crippen LogP contribution in [-0.4, -0.2) is 21.0 Å². The number of aromatic hydroxyl groups is 1. The topological polar surface area (TPSA) is 52.6 Å². The molecule has 18 heavy (non-hydrogen) atoms. The summed E-state index contributed by atoms with van der Waals surface area (Å²) in [6.45, 7) is 5.63. The number of carbonyl (C=O) groups excluding carboxylic acids is 1. The molecule has 0 fully saturated rings. The van der Waals surface area contributed by atoms with Crippen LogP contribution < -0.4 is 5.32 Å². The molecule has 0 aromatic heterocycles. The third-order valence-corrected chi connectivity index (χ3v) is 4.09. The lowest BCUT2D eigenvalue weighted by Crippen LogP contribution is -2.41. The predicted octanol–water partition coefficient (Wildman–Crippen LogP) is 4.39. The molecule has 1 aromatic carbocycles. The van der Waals surface area contributed by atoms with E-state index in [1.807, 2.05) is 20.8 Å². The summed E-state index contributed by atoms with van der Waals surface area (Å²) < 4.78 is 2.30. The molecular weight excluding hydrogens is 384 g/mol. The van der Waals surface area contributed by atoms with E-state index in [2.05, 4.69) is 50.0 Å². The summed E-state index contributed by atoms with van der Waals surface area (Å²) >= 11 is 10.6. The number of halogens is 2. The number of benzene rings is 1. The smallest absolute Gasteiger partial charge is 0.332 e. The number of nitrogens with zero attached hydrogens (tertiary/aromatic N) is 1. The fourth-order valence-electron chi connectivity index (χ4n) is 1.12. The maximum Gasteiger partial charge on any atom is 0.332 e. The fourth-order valence-corrected chi connectivity index (χ4v) is 2.36. The van der Waals surface area contributed by atoms with Crippen molar-refractivity contribution >= 4 is 56.4 Å². The largest absolute Gasteiger partial charge is 0.506 e. The highest BCUT2D eigenvalue weighted by molar-refractivity contribution is 9.11. The van der Waals surface area contributed by atoms with Crippen molar-refractivity contribution in [1.82, 2.24) is 4.31 Å². The molecular formula is C11H14Br2N2O2S. The molecule has 100 valence electrons. The van der Waals surface area contributed by atoms with Gasteiger partial charge in [-0.25, -0.2) is 4.79 Å². The number of hydrogen-bond donors (Lipinski definition) is 3. The van der Waals surface area contributed by atoms with E-state index in [0.29, 0.717) is 14.6 Å². The quantitative estimate of drug-likeness (QED) is 0.486. The number of nitrogens with one attached hydrogen (secondary N) is 1. The molecule has 2 amide bonds. The van der Waals surface area contributed by atoms with Crippen molar-refractivity contribution in [3.05, 3.63) is 21.1 Å². The monoisotopic (exact) mass is 396 g/mol. The Balaban J connectivity index is 2.90. The van der Waals surface area contributed by atoms with Crippen LogP contribution in [0.5, 0.6) is 5.75 Å². The van der Waals surface area contributed by atoms with Gasteiger partial charge >= 0.3 is 6.03 Å². The molecule has 0 atom stereocenters. The van der Waals surface area contributed by atoms with Gasteiger partial charge in [0.05, 0.1) is 8.95 Å². The normalized spacial score (nSPS) is 11.2. The lowest BCUT2D eigenvalue weighted by molar-refractivity contribution is 0.216. The first-order valence-corrected chi connectivity index (χ1v) is 7.09. The molecule has 0 bridgehead atoms. The zero-order valence-corrected chi connectivity index (χ0v) is 14.2. The van der Waals surface area contributed by atoms with E-state index in [-0.39, 0.29) is 11.8 Å². The van der Waals surface area contributed by atoms with Crippen LogP contribution in [0.1, 0.15) is 20.8 Å². The average Bonchev–Trinajstić information content (AvgIpc) is 2.23. The average molecular weight is 398 g/mol. The molecule has 2 N–H and O–H groups in total. The minimum Gasteiger partial charge on any atom is -0.506 e. The van der Waals surface area contributed by atoms with Gasteiger partial charge in [-0.3, -0.25) is 4.31 Å². The second-order valence-corrected chi connectivity index (χ2v) is 6.81. The van der Waals surface area contributed by atoms with E-state index in [9.17, 15) is 9.90 Å². The summed E-state index contributed by atoms with van der Waals surface area (Å²) in [5, 5.41) is 12.3. The highest BCUT2D eigenvalue weighted by atomic mass is 79.9. The number of urea groups is 1. The number of thiol groups is 1. The highest BCUT2D eigenvalue weighted by Crippen LogP contribution is 2.35. The van der Waals surface area contributed by atoms with Crippen molar-refractivity contribution in [1.29, 1.82) is 0 Å². The number of phenols is 1. The standard InChI is InChI=1S/C11H14Br2N2O2S/c1-11(2,3)15(18)10(17)14-6-4-7(12)9(16)8(13)5-6/h4-5,16,18H,1-3H3,(H,14,17). The van der Waals surface area contributed by atoms with Gasteiger partial charge in [0, 0.05) is 11.2 Å². The molecule has 0 spiro atoms. The van der Waals surface area contributed by atoms with Crippen molar-refractivity contribution < 1.29 is 9.90 Å². The van der Waals surface area contributed by atoms with Crippen LogP contribution in [-0.2, 0) is 0 Å². The van der Waals surface area contributed by atoms with Crippen molar-refractivity contribution in [2.24, 2.45) is 0 Å². The Hall–Kier alpha value is -0.400. The minimum atomic E-state index is -0.390. The molecule has 0 aliphatic heterocycles. The van der Waals surface area contributed by atoms with Gasteiger partial charge < -0.3 is 10.4 Å². The Morgan fingerprint density at radius 1 is 1.33 bits per heavy atom. The summed E-state index contributed by atoms with van der Waals surface area (Å²) in [7, 11) is 0. The molecule has 1 aromatic rings. The SMILES string of the molecule is CC(C)(C)N(S)C(=O)Nc1cc(Br)c(O)c(Br)c1. The predicted molar refractivity (Wildman–Crippen MR) is 83.1 cm³/mol. The first-order chi connectivity index (χ1) is 8.12. The fraction of sp³-hybridized carbons (Fsp3) is 0.364. The van der Waals surface area contributed by atoms with Crippen LogP contribution in [0.3, 0.4) is 0 Å². The van der Waals surface area contributed by atoms with Crippen LogP contribution in [0.2, 0.25) is 0 Å². The van der Waals surface area contributed by atoms with Crippen LogP contribution in [0.4, 0.5) is 10.5 Å². The van der Waals surface area contributed by atoms with Gasteiger partial charge in [-0.2, -0.15) is 0 Å². The molecule has 0 aliphatic rings. The zero-order chi connectivity index (χ0) is 14.1. The van der Waals surface area contributed by atoms with E-state index in [1.165, 1.54) is 4.31 Å². The number of carbonyl (C=O) groups is 1. The van der Waals surface area contributed by atoms with Gasteiger partial charge in [-0.1, -0.05) is 12.8 Å². The van der Waals surface area contributed by atoms with Gasteiger partial charge in [-0.15, -0.1) is 0 Å². The van der Waals surface area contributed by atoms with Gasteiger partial charge in [0.1, 0.15) is 5.75 Å². The first-order valence-electron chi connectivity index (χ1n) is 5.11. The van der Waals surface area contributed by atoms with E-state index in [4.69, 9.17) is 0 Å². The van der Waals surface area contributed by atoms with Gasteiger partial charge in [0.2, 0.25) is 0 Å². The summed E-state index contributed by atoms with van der Waals surface area (Å²) in [6.07, 6.45) is 0. The summed E-state index contributed by atoms with van der Waals surface area (Å²) in [5.41, 5.74) is 0.165. The lowest BCUT2D eigenvalue weighted by Gasteiger charge is -2.30. The zero-order valence-electron chi connectivity index (χ0n) is 10.2. The number of phenolic OH excluding ortho intramolecular Hbond substituents is 1. The second kappa shape index (κ2) is 5.71. The maximum atomic E-state index is 11.9. The van der Waals surface area contributed by atoms with Crippen LogP contribution in [0, 0.1) is 0 Å². The second-order valence-electron chi connectivity index (χ2n) is 4.70. The van der Waals surface area contributed by atoms with Gasteiger partial charge in [0.25, 0.3) is 0 Å². The highest BCUT2D eigenvalue weighted by Gasteiger charge is 2.23. The van der Waals surface area contributed by atoms with Crippen molar-refractivity contribution in [2.45, 2.75) is 26.3 Å². The first kappa shape index (κ1) is 15.7. The number of amides is 2. The van der Waals surface area contributed by atoms with Crippen LogP contribution >= 0.6 is 44.7 Å². The Bertz CT molecular complexity index is 452. The maximum absolute atomic E-state index is 11.9. The Kier molecular flexibility index (Phi) is 4.97. The third-order valence-electron chi connectivity index (χ3n) is 2.10. The number of rotatable bonds is 1. The molecule has 4 nitrogen and oxygen atoms in total. The molecule has 1 rings (SSSR count). The van der Waals surface area contributed by atoms with E-state index in [1.54, 1.807) is 12.1 Å². The van der Waals surface area contributed by atoms with E-state index in [0.717, 1.165) is 0 Å². The summed E-state index contributed by atoms with van der Waals surface area (Å²) in [4.78, 5) is 11.9. The molecule has 0 aliphatic carbocycles. The minimum absolute atomic E-state index is 0.0894. The third kappa shape index (κ3) is 3.80. The van der Waals surface area contributed by atoms with Crippen LogP contribution in [0.15, 0.2) is 21.1 Å². The Morgan fingerprint density at radius 3 is 2.17 bits per heavy atom.